The van der Waals surface area contributed by atoms with Crippen molar-refractivity contribution in [1.82, 2.24) is 10.6 Å². The summed E-state index contributed by atoms with van der Waals surface area (Å²) in [4.78, 5) is 12.4. The zero-order valence-electron chi connectivity index (χ0n) is 12.7. The number of hydrogen-bond donors (Lipinski definition) is 2. The molecule has 1 aromatic carbocycles. The van der Waals surface area contributed by atoms with Crippen molar-refractivity contribution >= 4 is 39.2 Å². The number of benzene rings is 1. The largest absolute Gasteiger partial charge is 0.493 e. The Kier molecular flexibility index (Phi) is 6.64. The Morgan fingerprint density at radius 3 is 2.82 bits per heavy atom. The van der Waals surface area contributed by atoms with Gasteiger partial charge in [0.25, 0.3) is 5.91 Å². The zero-order valence-corrected chi connectivity index (χ0v) is 15.1. The highest BCUT2D eigenvalue weighted by Crippen LogP contribution is 2.23. The van der Waals surface area contributed by atoms with E-state index < -0.39 is 0 Å². The Balaban J connectivity index is 2.01. The zero-order chi connectivity index (χ0) is 15.9. The number of amides is 1. The maximum Gasteiger partial charge on any atom is 0.261 e. The van der Waals surface area contributed by atoms with Gasteiger partial charge >= 0.3 is 0 Å². The second-order valence-electron chi connectivity index (χ2n) is 5.40. The lowest BCUT2D eigenvalue weighted by atomic mass is 10.2. The van der Waals surface area contributed by atoms with Gasteiger partial charge in [-0.05, 0) is 49.7 Å². The van der Waals surface area contributed by atoms with Crippen molar-refractivity contribution in [3.8, 4) is 5.75 Å². The van der Waals surface area contributed by atoms with Crippen LogP contribution in [-0.4, -0.2) is 23.7 Å². The van der Waals surface area contributed by atoms with Crippen molar-refractivity contribution in [1.29, 1.82) is 0 Å². The maximum absolute atomic E-state index is 12.4. The van der Waals surface area contributed by atoms with Crippen LogP contribution in [-0.2, 0) is 0 Å². The van der Waals surface area contributed by atoms with Crippen LogP contribution in [0.15, 0.2) is 22.7 Å². The fourth-order valence-corrected chi connectivity index (χ4v) is 3.10. The molecule has 0 aliphatic heterocycles. The monoisotopic (exact) mass is 384 g/mol. The number of halogens is 1. The first-order chi connectivity index (χ1) is 10.6. The van der Waals surface area contributed by atoms with Crippen molar-refractivity contribution in [2.75, 3.05) is 6.61 Å². The van der Waals surface area contributed by atoms with Gasteiger partial charge in [-0.15, -0.1) is 0 Å². The third kappa shape index (κ3) is 4.95. The summed E-state index contributed by atoms with van der Waals surface area (Å²) < 4.78 is 6.46. The van der Waals surface area contributed by atoms with E-state index in [9.17, 15) is 4.79 Å². The topological polar surface area (TPSA) is 50.4 Å². The van der Waals surface area contributed by atoms with E-state index in [2.05, 4.69) is 26.6 Å². The predicted octanol–water partition coefficient (Wildman–Crippen LogP) is 3.78. The second kappa shape index (κ2) is 8.48. The average molecular weight is 385 g/mol. The molecule has 2 rings (SSSR count). The number of ether oxygens (including phenoxy) is 1. The quantitative estimate of drug-likeness (QED) is 0.758. The molecule has 0 bridgehead atoms. The molecule has 0 saturated heterocycles. The van der Waals surface area contributed by atoms with Crippen molar-refractivity contribution in [2.24, 2.45) is 0 Å². The lowest BCUT2D eigenvalue weighted by Crippen LogP contribution is -2.43. The van der Waals surface area contributed by atoms with E-state index in [1.807, 2.05) is 13.0 Å². The molecule has 1 aliphatic carbocycles. The van der Waals surface area contributed by atoms with Crippen LogP contribution >= 0.6 is 28.1 Å². The van der Waals surface area contributed by atoms with E-state index in [1.165, 1.54) is 12.8 Å². The molecular weight excluding hydrogens is 364 g/mol. The molecule has 0 spiro atoms. The first kappa shape index (κ1) is 17.2. The summed E-state index contributed by atoms with van der Waals surface area (Å²) in [6, 6.07) is 5.78. The molecule has 6 heteroatoms. The lowest BCUT2D eigenvalue weighted by molar-refractivity contribution is 0.0972. The fourth-order valence-electron chi connectivity index (χ4n) is 2.48. The highest BCUT2D eigenvalue weighted by molar-refractivity contribution is 9.10. The number of rotatable bonds is 5. The lowest BCUT2D eigenvalue weighted by Gasteiger charge is -2.16. The molecule has 1 amide bonds. The second-order valence-corrected chi connectivity index (χ2v) is 6.72. The molecule has 1 aliphatic rings. The van der Waals surface area contributed by atoms with Crippen LogP contribution in [0.1, 0.15) is 49.4 Å². The molecule has 0 radical (unpaired) electrons. The number of thiocarbonyl (C=S) groups is 1. The van der Waals surface area contributed by atoms with Gasteiger partial charge in [0.15, 0.2) is 5.11 Å². The van der Waals surface area contributed by atoms with Gasteiger partial charge in [0, 0.05) is 10.5 Å². The third-order valence-electron chi connectivity index (χ3n) is 3.57. The Bertz CT molecular complexity index is 545. The summed E-state index contributed by atoms with van der Waals surface area (Å²) >= 11 is 8.62. The van der Waals surface area contributed by atoms with E-state index in [4.69, 9.17) is 17.0 Å². The van der Waals surface area contributed by atoms with Crippen molar-refractivity contribution in [3.63, 3.8) is 0 Å². The molecule has 2 N–H and O–H groups in total. The van der Waals surface area contributed by atoms with Crippen LogP contribution in [0.5, 0.6) is 5.75 Å². The highest BCUT2D eigenvalue weighted by atomic mass is 79.9. The predicted molar refractivity (Wildman–Crippen MR) is 95.4 cm³/mol. The Morgan fingerprint density at radius 2 is 2.14 bits per heavy atom. The first-order valence-electron chi connectivity index (χ1n) is 7.64. The average Bonchev–Trinajstić information content (AvgIpc) is 2.98. The molecule has 1 aromatic rings. The minimum Gasteiger partial charge on any atom is -0.493 e. The Hall–Kier alpha value is -1.14. The molecule has 0 atom stereocenters. The maximum atomic E-state index is 12.4. The van der Waals surface area contributed by atoms with Gasteiger partial charge in [-0.25, -0.2) is 0 Å². The summed E-state index contributed by atoms with van der Waals surface area (Å²) in [5.41, 5.74) is 0.485. The molecular formula is C16H21BrN2O2S. The van der Waals surface area contributed by atoms with Crippen LogP contribution in [0.2, 0.25) is 0 Å². The molecule has 0 unspecified atom stereocenters. The number of hydrogen-bond acceptors (Lipinski definition) is 3. The Labute approximate surface area is 145 Å². The van der Waals surface area contributed by atoms with Gasteiger partial charge in [-0.3, -0.25) is 10.1 Å². The molecule has 22 heavy (non-hydrogen) atoms. The first-order valence-corrected chi connectivity index (χ1v) is 8.84. The van der Waals surface area contributed by atoms with E-state index >= 15 is 0 Å². The number of carbonyl (C=O) groups excluding carboxylic acids is 1. The van der Waals surface area contributed by atoms with Gasteiger partial charge in [-0.2, -0.15) is 0 Å². The van der Waals surface area contributed by atoms with Crippen LogP contribution < -0.4 is 15.4 Å². The molecule has 1 saturated carbocycles. The van der Waals surface area contributed by atoms with Crippen molar-refractivity contribution < 1.29 is 9.53 Å². The SMILES string of the molecule is CCCOc1ccc(Br)cc1C(=O)NC(=S)NC1CCCC1. The number of carbonyl (C=O) groups is 1. The van der Waals surface area contributed by atoms with Crippen LogP contribution in [0.3, 0.4) is 0 Å². The molecule has 0 aromatic heterocycles. The minimum atomic E-state index is -0.247. The van der Waals surface area contributed by atoms with E-state index in [0.717, 1.165) is 23.7 Å². The molecule has 1 fully saturated rings. The standard InChI is InChI=1S/C16H21BrN2O2S/c1-2-9-21-14-8-7-11(17)10-13(14)15(20)19-16(22)18-12-5-3-4-6-12/h7-8,10,12H,2-6,9H2,1H3,(H2,18,19,20,22). The summed E-state index contributed by atoms with van der Waals surface area (Å²) in [6.07, 6.45) is 5.54. The summed E-state index contributed by atoms with van der Waals surface area (Å²) in [6.45, 7) is 2.60. The normalized spacial score (nSPS) is 14.6. The highest BCUT2D eigenvalue weighted by Gasteiger charge is 2.18. The van der Waals surface area contributed by atoms with Crippen LogP contribution in [0.25, 0.3) is 0 Å². The summed E-state index contributed by atoms with van der Waals surface area (Å²) in [5, 5.41) is 6.34. The smallest absolute Gasteiger partial charge is 0.261 e. The van der Waals surface area contributed by atoms with Crippen molar-refractivity contribution in [3.05, 3.63) is 28.2 Å². The summed E-state index contributed by atoms with van der Waals surface area (Å²) in [7, 11) is 0. The van der Waals surface area contributed by atoms with E-state index in [0.29, 0.717) is 29.1 Å². The van der Waals surface area contributed by atoms with Gasteiger partial charge in [0.2, 0.25) is 0 Å². The van der Waals surface area contributed by atoms with Crippen molar-refractivity contribution in [2.45, 2.75) is 45.1 Å². The molecule has 0 heterocycles. The van der Waals surface area contributed by atoms with Crippen LogP contribution in [0.4, 0.5) is 0 Å². The van der Waals surface area contributed by atoms with Gasteiger partial charge < -0.3 is 10.1 Å². The van der Waals surface area contributed by atoms with Gasteiger partial charge in [-0.1, -0.05) is 35.7 Å². The minimum absolute atomic E-state index is 0.247. The Morgan fingerprint density at radius 1 is 1.41 bits per heavy atom. The van der Waals surface area contributed by atoms with E-state index in [-0.39, 0.29) is 5.91 Å². The van der Waals surface area contributed by atoms with Crippen LogP contribution in [0, 0.1) is 0 Å². The molecule has 120 valence electrons. The number of nitrogens with one attached hydrogen (secondary N) is 2. The van der Waals surface area contributed by atoms with Gasteiger partial charge in [0.05, 0.1) is 12.2 Å². The fraction of sp³-hybridized carbons (Fsp3) is 0.500. The van der Waals surface area contributed by atoms with Gasteiger partial charge in [0.1, 0.15) is 5.75 Å². The summed E-state index contributed by atoms with van der Waals surface area (Å²) in [5.74, 6) is 0.328. The molecule has 4 nitrogen and oxygen atoms in total. The van der Waals surface area contributed by atoms with E-state index in [1.54, 1.807) is 12.1 Å². The third-order valence-corrected chi connectivity index (χ3v) is 4.28.